The molecule has 1 aliphatic carbocycles. The molecule has 0 amide bonds. The minimum absolute atomic E-state index is 0.0136. The van der Waals surface area contributed by atoms with Crippen LogP contribution >= 0.6 is 11.6 Å². The molecule has 1 atom stereocenters. The third-order valence-electron chi connectivity index (χ3n) is 6.59. The van der Waals surface area contributed by atoms with Crippen LogP contribution in [0.15, 0.2) is 95.7 Å². The van der Waals surface area contributed by atoms with Crippen molar-refractivity contribution >= 4 is 34.7 Å². The minimum atomic E-state index is -0.569. The summed E-state index contributed by atoms with van der Waals surface area (Å²) in [5, 5.41) is 21.5. The number of rotatable bonds is 4. The molecule has 5 nitrogen and oxygen atoms in total. The summed E-state index contributed by atoms with van der Waals surface area (Å²) in [7, 11) is 1.60. The summed E-state index contributed by atoms with van der Waals surface area (Å²) in [6.07, 6.45) is 1.82. The molecule has 5 rings (SSSR count). The maximum Gasteiger partial charge on any atom is 0.161 e. The summed E-state index contributed by atoms with van der Waals surface area (Å²) < 4.78 is 5.33. The van der Waals surface area contributed by atoms with Crippen LogP contribution in [0.5, 0.6) is 5.75 Å². The molecule has 6 heteroatoms. The first-order valence-corrected chi connectivity index (χ1v) is 11.9. The van der Waals surface area contributed by atoms with Gasteiger partial charge in [0.15, 0.2) is 5.78 Å². The topological polar surface area (TPSA) is 73.6 Å². The third-order valence-corrected chi connectivity index (χ3v) is 6.84. The van der Waals surface area contributed by atoms with E-state index in [9.17, 15) is 15.3 Å². The standard InChI is InChI=1S/C29H25ClN2O3/c1-35-22-16-10-18(11-17-22)25-26-23(8-5-9-24(26)33)32(21-14-12-20(30)13-15-21)29(31)27(25)28(34)19-6-3-2-4-7-19/h2-4,6-7,10-17,25,31,34H,5,8-9H2,1H3/b28-27+,31-29?/t25-/m1/s1. The molecule has 176 valence electrons. The van der Waals surface area contributed by atoms with Gasteiger partial charge in [0, 0.05) is 45.5 Å². The van der Waals surface area contributed by atoms with Crippen LogP contribution in [0.25, 0.3) is 5.76 Å². The number of carbonyl (C=O) groups is 1. The highest BCUT2D eigenvalue weighted by Crippen LogP contribution is 2.48. The normalized spacial score (nSPS) is 19.5. The molecule has 0 saturated heterocycles. The zero-order chi connectivity index (χ0) is 24.5. The summed E-state index contributed by atoms with van der Waals surface area (Å²) in [5.41, 5.74) is 3.97. The summed E-state index contributed by atoms with van der Waals surface area (Å²) in [5.74, 6) is 0.296. The number of ketones is 1. The van der Waals surface area contributed by atoms with Crippen LogP contribution in [0.2, 0.25) is 5.02 Å². The average Bonchev–Trinajstić information content (AvgIpc) is 2.89. The molecule has 1 heterocycles. The fourth-order valence-electron chi connectivity index (χ4n) is 4.95. The van der Waals surface area contributed by atoms with Gasteiger partial charge in [-0.15, -0.1) is 0 Å². The smallest absolute Gasteiger partial charge is 0.161 e. The van der Waals surface area contributed by atoms with Gasteiger partial charge >= 0.3 is 0 Å². The Hall–Kier alpha value is -3.83. The maximum atomic E-state index is 13.5. The number of Topliss-reactive ketones (excluding diaryl/α,β-unsaturated/α-hetero) is 1. The number of ether oxygens (including phenoxy) is 1. The largest absolute Gasteiger partial charge is 0.507 e. The number of methoxy groups -OCH3 is 1. The third kappa shape index (κ3) is 4.13. The number of halogens is 1. The zero-order valence-corrected chi connectivity index (χ0v) is 20.0. The first kappa shape index (κ1) is 22.9. The van der Waals surface area contributed by atoms with Gasteiger partial charge in [-0.25, -0.2) is 0 Å². The van der Waals surface area contributed by atoms with Gasteiger partial charge in [0.25, 0.3) is 0 Å². The summed E-state index contributed by atoms with van der Waals surface area (Å²) in [6.45, 7) is 0. The lowest BCUT2D eigenvalue weighted by Gasteiger charge is -2.41. The SMILES string of the molecule is COc1ccc([C@@H]2C3=C(CCCC3=O)N(c3ccc(Cl)cc3)C(=N)/C2=C(/O)c2ccccc2)cc1. The van der Waals surface area contributed by atoms with E-state index in [0.717, 1.165) is 16.9 Å². The molecular weight excluding hydrogens is 460 g/mol. The van der Waals surface area contributed by atoms with E-state index in [4.69, 9.17) is 16.3 Å². The van der Waals surface area contributed by atoms with Crippen molar-refractivity contribution in [2.75, 3.05) is 12.0 Å². The molecule has 35 heavy (non-hydrogen) atoms. The van der Waals surface area contributed by atoms with Crippen molar-refractivity contribution in [3.8, 4) is 5.75 Å². The molecule has 0 unspecified atom stereocenters. The molecule has 0 spiro atoms. The Bertz CT molecular complexity index is 1340. The fraction of sp³-hybridized carbons (Fsp3) is 0.172. The van der Waals surface area contributed by atoms with E-state index >= 15 is 0 Å². The number of aliphatic hydroxyl groups excluding tert-OH is 1. The highest BCUT2D eigenvalue weighted by atomic mass is 35.5. The number of anilines is 1. The van der Waals surface area contributed by atoms with Crippen LogP contribution in [0.1, 0.15) is 36.3 Å². The lowest BCUT2D eigenvalue weighted by atomic mass is 9.73. The van der Waals surface area contributed by atoms with Gasteiger partial charge in [0.1, 0.15) is 17.3 Å². The molecule has 2 N–H and O–H groups in total. The van der Waals surface area contributed by atoms with Crippen molar-refractivity contribution in [3.05, 3.63) is 112 Å². The molecular formula is C29H25ClN2O3. The predicted molar refractivity (Wildman–Crippen MR) is 139 cm³/mol. The van der Waals surface area contributed by atoms with Crippen molar-refractivity contribution < 1.29 is 14.6 Å². The zero-order valence-electron chi connectivity index (χ0n) is 19.3. The molecule has 1 aliphatic heterocycles. The minimum Gasteiger partial charge on any atom is -0.507 e. The molecule has 0 fully saturated rings. The van der Waals surface area contributed by atoms with E-state index < -0.39 is 5.92 Å². The van der Waals surface area contributed by atoms with Gasteiger partial charge in [-0.05, 0) is 54.8 Å². The van der Waals surface area contributed by atoms with Gasteiger partial charge in [0.05, 0.1) is 7.11 Å². The van der Waals surface area contributed by atoms with Gasteiger partial charge in [-0.3, -0.25) is 15.1 Å². The second kappa shape index (κ2) is 9.43. The first-order chi connectivity index (χ1) is 17.0. The van der Waals surface area contributed by atoms with Crippen molar-refractivity contribution in [2.24, 2.45) is 0 Å². The number of amidine groups is 1. The lowest BCUT2D eigenvalue weighted by Crippen LogP contribution is -2.42. The highest BCUT2D eigenvalue weighted by Gasteiger charge is 2.43. The Labute approximate surface area is 209 Å². The van der Waals surface area contributed by atoms with Crippen molar-refractivity contribution in [2.45, 2.75) is 25.2 Å². The van der Waals surface area contributed by atoms with Crippen LogP contribution < -0.4 is 9.64 Å². The van der Waals surface area contributed by atoms with Crippen molar-refractivity contribution in [1.29, 1.82) is 5.41 Å². The molecule has 0 saturated carbocycles. The van der Waals surface area contributed by atoms with E-state index in [1.807, 2.05) is 54.6 Å². The lowest BCUT2D eigenvalue weighted by molar-refractivity contribution is -0.116. The molecule has 0 aromatic heterocycles. The average molecular weight is 485 g/mol. The Morgan fingerprint density at radius 2 is 1.69 bits per heavy atom. The second-order valence-electron chi connectivity index (χ2n) is 8.63. The molecule has 3 aromatic rings. The number of allylic oxidation sites excluding steroid dienone is 2. The first-order valence-electron chi connectivity index (χ1n) is 11.5. The Morgan fingerprint density at radius 3 is 2.34 bits per heavy atom. The molecule has 2 aliphatic rings. The van der Waals surface area contributed by atoms with Crippen LogP contribution in [0.3, 0.4) is 0 Å². The Morgan fingerprint density at radius 1 is 1.00 bits per heavy atom. The fourth-order valence-corrected chi connectivity index (χ4v) is 5.07. The molecule has 0 bridgehead atoms. The van der Waals surface area contributed by atoms with Crippen molar-refractivity contribution in [3.63, 3.8) is 0 Å². The maximum absolute atomic E-state index is 13.5. The van der Waals surface area contributed by atoms with E-state index in [1.54, 1.807) is 36.3 Å². The predicted octanol–water partition coefficient (Wildman–Crippen LogP) is 6.91. The van der Waals surface area contributed by atoms with Gasteiger partial charge in [0.2, 0.25) is 0 Å². The van der Waals surface area contributed by atoms with Crippen molar-refractivity contribution in [1.82, 2.24) is 0 Å². The van der Waals surface area contributed by atoms with Crippen LogP contribution in [0.4, 0.5) is 5.69 Å². The van der Waals surface area contributed by atoms with E-state index in [0.29, 0.717) is 46.7 Å². The van der Waals surface area contributed by atoms with Gasteiger partial charge < -0.3 is 9.84 Å². The number of benzene rings is 3. The van der Waals surface area contributed by atoms with E-state index in [2.05, 4.69) is 0 Å². The van der Waals surface area contributed by atoms with E-state index in [-0.39, 0.29) is 17.4 Å². The molecule has 3 aromatic carbocycles. The summed E-state index contributed by atoms with van der Waals surface area (Å²) in [6, 6.07) is 23.9. The molecule has 0 radical (unpaired) electrons. The number of carbonyl (C=O) groups excluding carboxylic acids is 1. The second-order valence-corrected chi connectivity index (χ2v) is 9.07. The van der Waals surface area contributed by atoms with Crippen LogP contribution in [-0.2, 0) is 4.79 Å². The van der Waals surface area contributed by atoms with E-state index in [1.165, 1.54) is 0 Å². The monoisotopic (exact) mass is 484 g/mol. The Kier molecular flexibility index (Phi) is 6.18. The summed E-state index contributed by atoms with van der Waals surface area (Å²) >= 11 is 6.14. The van der Waals surface area contributed by atoms with Gasteiger partial charge in [-0.1, -0.05) is 54.1 Å². The quantitative estimate of drug-likeness (QED) is 0.395. The number of nitrogens with one attached hydrogen (secondary N) is 1. The number of hydrogen-bond donors (Lipinski definition) is 2. The Balaban J connectivity index is 1.80. The number of hydrogen-bond acceptors (Lipinski definition) is 4. The number of nitrogens with zero attached hydrogens (tertiary/aromatic N) is 1. The summed E-state index contributed by atoms with van der Waals surface area (Å²) in [4.78, 5) is 15.3. The van der Waals surface area contributed by atoms with Crippen LogP contribution in [0, 0.1) is 5.41 Å². The number of aliphatic hydroxyl groups is 1. The van der Waals surface area contributed by atoms with Gasteiger partial charge in [-0.2, -0.15) is 0 Å². The highest BCUT2D eigenvalue weighted by molar-refractivity contribution is 6.30. The van der Waals surface area contributed by atoms with Crippen LogP contribution in [-0.4, -0.2) is 23.8 Å².